The van der Waals surface area contributed by atoms with Gasteiger partial charge in [0.05, 0.1) is 17.6 Å². The van der Waals surface area contributed by atoms with Crippen LogP contribution in [0.3, 0.4) is 0 Å². The lowest BCUT2D eigenvalue weighted by molar-refractivity contribution is 0.0696. The lowest BCUT2D eigenvalue weighted by atomic mass is 10.3. The van der Waals surface area contributed by atoms with Crippen LogP contribution in [0, 0.1) is 6.92 Å². The molecule has 0 amide bonds. The molecule has 0 fully saturated rings. The van der Waals surface area contributed by atoms with Crippen molar-refractivity contribution in [3.63, 3.8) is 0 Å². The Hall–Kier alpha value is -1.62. The van der Waals surface area contributed by atoms with Gasteiger partial charge in [-0.2, -0.15) is 0 Å². The average molecular weight is 238 g/mol. The fraction of sp³-hybridized carbons (Fsp3) is 0.182. The van der Waals surface area contributed by atoms with E-state index >= 15 is 0 Å². The monoisotopic (exact) mass is 238 g/mol. The largest absolute Gasteiger partial charge is 0.478 e. The van der Waals surface area contributed by atoms with Crippen molar-refractivity contribution in [2.24, 2.45) is 0 Å². The van der Waals surface area contributed by atoms with Crippen LogP contribution in [0.1, 0.15) is 21.9 Å². The van der Waals surface area contributed by atoms with E-state index in [1.54, 1.807) is 18.0 Å². The van der Waals surface area contributed by atoms with Crippen LogP contribution >= 0.6 is 11.8 Å². The number of carboxylic acid groups (broad SMARTS) is 1. The Morgan fingerprint density at radius 3 is 2.88 bits per heavy atom. The maximum atomic E-state index is 10.6. The lowest BCUT2D eigenvalue weighted by Gasteiger charge is -1.95. The van der Waals surface area contributed by atoms with Gasteiger partial charge < -0.3 is 13.9 Å². The number of rotatable bonds is 4. The standard InChI is InChI=1S/C11H10O4S/c1-7-10(2-3-14-7)16-6-9-4-8(5-15-9)11(12)13/h2-5H,6H2,1H3,(H,12,13). The number of carboxylic acids is 1. The van der Waals surface area contributed by atoms with Crippen molar-refractivity contribution in [3.05, 3.63) is 41.7 Å². The molecule has 16 heavy (non-hydrogen) atoms. The van der Waals surface area contributed by atoms with Crippen molar-refractivity contribution in [2.75, 3.05) is 0 Å². The van der Waals surface area contributed by atoms with Crippen LogP contribution in [0.25, 0.3) is 0 Å². The molecule has 5 heteroatoms. The van der Waals surface area contributed by atoms with E-state index in [0.29, 0.717) is 11.5 Å². The highest BCUT2D eigenvalue weighted by Gasteiger charge is 2.09. The molecule has 2 heterocycles. The van der Waals surface area contributed by atoms with Crippen molar-refractivity contribution in [1.82, 2.24) is 0 Å². The third-order valence-corrected chi connectivity index (χ3v) is 3.25. The molecule has 0 saturated heterocycles. The third-order valence-electron chi connectivity index (χ3n) is 2.08. The maximum absolute atomic E-state index is 10.6. The first-order valence-electron chi connectivity index (χ1n) is 4.64. The molecule has 0 radical (unpaired) electrons. The smallest absolute Gasteiger partial charge is 0.338 e. The highest BCUT2D eigenvalue weighted by molar-refractivity contribution is 7.98. The Balaban J connectivity index is 2.00. The quantitative estimate of drug-likeness (QED) is 0.829. The van der Waals surface area contributed by atoms with Crippen molar-refractivity contribution >= 4 is 17.7 Å². The van der Waals surface area contributed by atoms with E-state index in [9.17, 15) is 4.79 Å². The van der Waals surface area contributed by atoms with Gasteiger partial charge in [-0.25, -0.2) is 4.79 Å². The minimum absolute atomic E-state index is 0.180. The Bertz CT molecular complexity index is 498. The molecule has 0 spiro atoms. The SMILES string of the molecule is Cc1occc1SCc1cc(C(=O)O)co1. The molecule has 84 valence electrons. The van der Waals surface area contributed by atoms with Gasteiger partial charge in [0.15, 0.2) is 0 Å². The van der Waals surface area contributed by atoms with Gasteiger partial charge in [0.1, 0.15) is 17.8 Å². The fourth-order valence-electron chi connectivity index (χ4n) is 1.24. The predicted octanol–water partition coefficient (Wildman–Crippen LogP) is 3.17. The van der Waals surface area contributed by atoms with Gasteiger partial charge in [-0.3, -0.25) is 0 Å². The summed E-state index contributed by atoms with van der Waals surface area (Å²) in [5, 5.41) is 8.71. The van der Waals surface area contributed by atoms with E-state index in [1.807, 2.05) is 13.0 Å². The molecule has 0 aliphatic carbocycles. The van der Waals surface area contributed by atoms with Crippen LogP contribution in [-0.4, -0.2) is 11.1 Å². The lowest BCUT2D eigenvalue weighted by Crippen LogP contribution is -1.91. The molecule has 0 bridgehead atoms. The molecule has 0 aromatic carbocycles. The number of hydrogen-bond acceptors (Lipinski definition) is 4. The summed E-state index contributed by atoms with van der Waals surface area (Å²) in [5.41, 5.74) is 0.180. The zero-order chi connectivity index (χ0) is 11.5. The van der Waals surface area contributed by atoms with E-state index < -0.39 is 5.97 Å². The normalized spacial score (nSPS) is 10.6. The maximum Gasteiger partial charge on any atom is 0.338 e. The molecule has 2 rings (SSSR count). The van der Waals surface area contributed by atoms with Gasteiger partial charge in [0.25, 0.3) is 0 Å². The second-order valence-corrected chi connectivity index (χ2v) is 4.25. The molecule has 0 saturated carbocycles. The summed E-state index contributed by atoms with van der Waals surface area (Å²) in [6.07, 6.45) is 2.88. The molecular weight excluding hydrogens is 228 g/mol. The zero-order valence-corrected chi connectivity index (χ0v) is 9.41. The average Bonchev–Trinajstić information content (AvgIpc) is 2.83. The Morgan fingerprint density at radius 2 is 2.31 bits per heavy atom. The van der Waals surface area contributed by atoms with Gasteiger partial charge in [-0.1, -0.05) is 0 Å². The predicted molar refractivity (Wildman–Crippen MR) is 58.7 cm³/mol. The van der Waals surface area contributed by atoms with Gasteiger partial charge in [-0.05, 0) is 19.1 Å². The molecule has 4 nitrogen and oxygen atoms in total. The number of thioether (sulfide) groups is 1. The molecule has 0 aliphatic rings. The van der Waals surface area contributed by atoms with E-state index in [1.165, 1.54) is 12.3 Å². The second kappa shape index (κ2) is 4.49. The van der Waals surface area contributed by atoms with Gasteiger partial charge in [0.2, 0.25) is 0 Å². The Kier molecular flexibility index (Phi) is 3.05. The second-order valence-electron chi connectivity index (χ2n) is 3.24. The number of carbonyl (C=O) groups is 1. The van der Waals surface area contributed by atoms with Gasteiger partial charge in [-0.15, -0.1) is 11.8 Å². The summed E-state index contributed by atoms with van der Waals surface area (Å²) >= 11 is 1.55. The topological polar surface area (TPSA) is 63.6 Å². The molecule has 2 aromatic heterocycles. The highest BCUT2D eigenvalue weighted by atomic mass is 32.2. The van der Waals surface area contributed by atoms with Gasteiger partial charge in [0, 0.05) is 4.90 Å². The van der Waals surface area contributed by atoms with E-state index in [2.05, 4.69) is 0 Å². The van der Waals surface area contributed by atoms with E-state index in [-0.39, 0.29) is 5.56 Å². The van der Waals surface area contributed by atoms with Crippen LogP contribution in [0.4, 0.5) is 0 Å². The summed E-state index contributed by atoms with van der Waals surface area (Å²) in [4.78, 5) is 11.7. The van der Waals surface area contributed by atoms with Crippen LogP contribution in [0.15, 0.2) is 38.4 Å². The summed E-state index contributed by atoms with van der Waals surface area (Å²) in [5.74, 6) is 1.12. The summed E-state index contributed by atoms with van der Waals surface area (Å²) < 4.78 is 10.3. The molecule has 1 N–H and O–H groups in total. The van der Waals surface area contributed by atoms with Crippen molar-refractivity contribution < 1.29 is 18.7 Å². The Morgan fingerprint density at radius 1 is 1.50 bits per heavy atom. The number of furan rings is 2. The molecule has 0 aliphatic heterocycles. The van der Waals surface area contributed by atoms with Crippen molar-refractivity contribution in [3.8, 4) is 0 Å². The van der Waals surface area contributed by atoms with Crippen LogP contribution in [0.5, 0.6) is 0 Å². The van der Waals surface area contributed by atoms with E-state index in [0.717, 1.165) is 10.7 Å². The van der Waals surface area contributed by atoms with Gasteiger partial charge >= 0.3 is 5.97 Å². The highest BCUT2D eigenvalue weighted by Crippen LogP contribution is 2.27. The third kappa shape index (κ3) is 2.30. The summed E-state index contributed by atoms with van der Waals surface area (Å²) in [7, 11) is 0. The first kappa shape index (κ1) is 10.9. The number of hydrogen-bond donors (Lipinski definition) is 1. The first-order chi connectivity index (χ1) is 7.66. The number of aryl methyl sites for hydroxylation is 1. The number of aromatic carboxylic acids is 1. The molecule has 0 atom stereocenters. The fourth-order valence-corrected chi connectivity index (χ4v) is 2.09. The molecule has 0 unspecified atom stereocenters. The summed E-state index contributed by atoms with van der Waals surface area (Å²) in [6.45, 7) is 1.88. The minimum Gasteiger partial charge on any atom is -0.478 e. The van der Waals surface area contributed by atoms with Crippen LogP contribution in [0.2, 0.25) is 0 Å². The van der Waals surface area contributed by atoms with Crippen molar-refractivity contribution in [1.29, 1.82) is 0 Å². The van der Waals surface area contributed by atoms with Crippen molar-refractivity contribution in [2.45, 2.75) is 17.6 Å². The summed E-state index contributed by atoms with van der Waals surface area (Å²) in [6, 6.07) is 3.41. The molecule has 2 aromatic rings. The zero-order valence-electron chi connectivity index (χ0n) is 8.60. The van der Waals surface area contributed by atoms with E-state index in [4.69, 9.17) is 13.9 Å². The van der Waals surface area contributed by atoms with Crippen LogP contribution in [-0.2, 0) is 5.75 Å². The molecular formula is C11H10O4S. The first-order valence-corrected chi connectivity index (χ1v) is 5.63. The van der Waals surface area contributed by atoms with Crippen LogP contribution < -0.4 is 0 Å². The Labute approximate surface area is 96.3 Å². The minimum atomic E-state index is -0.973.